The molecular formula is C15H13N5. The maximum atomic E-state index is 4.41. The Bertz CT molecular complexity index is 932. The fraction of sp³-hybridized carbons (Fsp3) is 0.133. The largest absolute Gasteiger partial charge is 0.346 e. The molecular weight excluding hydrogens is 250 g/mol. The first-order chi connectivity index (χ1) is 9.72. The van der Waals surface area contributed by atoms with Crippen LogP contribution in [0.3, 0.4) is 0 Å². The van der Waals surface area contributed by atoms with Crippen molar-refractivity contribution in [3.8, 4) is 11.1 Å². The summed E-state index contributed by atoms with van der Waals surface area (Å²) >= 11 is 0. The number of rotatable bonds is 1. The average Bonchev–Trinajstić information content (AvgIpc) is 3.02. The predicted molar refractivity (Wildman–Crippen MR) is 78.3 cm³/mol. The first kappa shape index (κ1) is 11.2. The lowest BCUT2D eigenvalue weighted by atomic mass is 10.0. The normalized spacial score (nSPS) is 11.5. The summed E-state index contributed by atoms with van der Waals surface area (Å²) < 4.78 is 1.79. The second-order valence-corrected chi connectivity index (χ2v) is 5.03. The molecule has 4 rings (SSSR count). The number of aryl methyl sites for hydroxylation is 2. The Morgan fingerprint density at radius 2 is 2.10 bits per heavy atom. The zero-order chi connectivity index (χ0) is 13.7. The summed E-state index contributed by atoms with van der Waals surface area (Å²) in [5.41, 5.74) is 6.29. The van der Waals surface area contributed by atoms with Gasteiger partial charge in [0.1, 0.15) is 11.2 Å². The second kappa shape index (κ2) is 3.90. The fourth-order valence-electron chi connectivity index (χ4n) is 2.54. The van der Waals surface area contributed by atoms with Gasteiger partial charge in [-0.05, 0) is 36.2 Å². The molecule has 3 heterocycles. The van der Waals surface area contributed by atoms with Crippen molar-refractivity contribution in [2.75, 3.05) is 0 Å². The van der Waals surface area contributed by atoms with E-state index in [1.165, 1.54) is 0 Å². The van der Waals surface area contributed by atoms with Crippen LogP contribution < -0.4 is 0 Å². The van der Waals surface area contributed by atoms with Crippen LogP contribution in [0.4, 0.5) is 0 Å². The van der Waals surface area contributed by atoms with Crippen LogP contribution in [0.5, 0.6) is 0 Å². The zero-order valence-electron chi connectivity index (χ0n) is 11.3. The van der Waals surface area contributed by atoms with E-state index < -0.39 is 0 Å². The number of benzene rings is 1. The maximum absolute atomic E-state index is 4.41. The summed E-state index contributed by atoms with van der Waals surface area (Å²) in [5, 5.41) is 9.29. The van der Waals surface area contributed by atoms with Gasteiger partial charge in [0.25, 0.3) is 0 Å². The lowest BCUT2D eigenvalue weighted by Gasteiger charge is -2.01. The van der Waals surface area contributed by atoms with E-state index in [0.29, 0.717) is 0 Å². The van der Waals surface area contributed by atoms with Crippen molar-refractivity contribution in [1.82, 2.24) is 25.0 Å². The maximum Gasteiger partial charge on any atom is 0.137 e. The molecule has 5 nitrogen and oxygen atoms in total. The number of aromatic amines is 1. The molecule has 20 heavy (non-hydrogen) atoms. The number of H-pyrrole nitrogens is 1. The Balaban J connectivity index is 2.00. The van der Waals surface area contributed by atoms with Gasteiger partial charge < -0.3 is 4.98 Å². The van der Waals surface area contributed by atoms with Crippen molar-refractivity contribution in [2.45, 2.75) is 6.92 Å². The van der Waals surface area contributed by atoms with Gasteiger partial charge in [0.05, 0.1) is 5.52 Å². The Morgan fingerprint density at radius 3 is 3.00 bits per heavy atom. The standard InChI is InChI=1S/C15H13N5/c1-9-5-11-12(8-17-15(11)16-7-9)10-3-4-13-14(6-10)20(2)19-18-13/h3-8H,1-2H3,(H,16,17). The van der Waals surface area contributed by atoms with Crippen molar-refractivity contribution in [3.05, 3.63) is 42.2 Å². The summed E-state index contributed by atoms with van der Waals surface area (Å²) in [6.45, 7) is 2.05. The van der Waals surface area contributed by atoms with Crippen molar-refractivity contribution in [1.29, 1.82) is 0 Å². The predicted octanol–water partition coefficient (Wildman–Crippen LogP) is 2.82. The number of hydrogen-bond donors (Lipinski definition) is 1. The van der Waals surface area contributed by atoms with Crippen molar-refractivity contribution < 1.29 is 0 Å². The number of nitrogens with zero attached hydrogens (tertiary/aromatic N) is 4. The Labute approximate surface area is 115 Å². The van der Waals surface area contributed by atoms with Gasteiger partial charge in [0, 0.05) is 30.4 Å². The minimum absolute atomic E-state index is 0.908. The molecule has 0 unspecified atom stereocenters. The van der Waals surface area contributed by atoms with E-state index in [4.69, 9.17) is 0 Å². The number of pyridine rings is 1. The smallest absolute Gasteiger partial charge is 0.137 e. The molecule has 0 aliphatic heterocycles. The van der Waals surface area contributed by atoms with E-state index in [9.17, 15) is 0 Å². The minimum Gasteiger partial charge on any atom is -0.346 e. The SMILES string of the molecule is Cc1cnc2[nH]cc(-c3ccc4nnn(C)c4c3)c2c1. The number of fused-ring (bicyclic) bond motifs is 2. The molecule has 0 fully saturated rings. The van der Waals surface area contributed by atoms with E-state index in [1.807, 2.05) is 25.5 Å². The third kappa shape index (κ3) is 1.53. The van der Waals surface area contributed by atoms with E-state index in [-0.39, 0.29) is 0 Å². The summed E-state index contributed by atoms with van der Waals surface area (Å²) in [4.78, 5) is 7.63. The lowest BCUT2D eigenvalue weighted by molar-refractivity contribution is 0.736. The highest BCUT2D eigenvalue weighted by molar-refractivity contribution is 5.95. The minimum atomic E-state index is 0.908. The van der Waals surface area contributed by atoms with Crippen LogP contribution in [0.25, 0.3) is 33.2 Å². The van der Waals surface area contributed by atoms with Crippen LogP contribution in [-0.4, -0.2) is 25.0 Å². The van der Waals surface area contributed by atoms with Crippen LogP contribution in [0.1, 0.15) is 5.56 Å². The van der Waals surface area contributed by atoms with Gasteiger partial charge in [-0.1, -0.05) is 11.3 Å². The van der Waals surface area contributed by atoms with E-state index in [0.717, 1.165) is 38.8 Å². The Hall–Kier alpha value is -2.69. The molecule has 4 aromatic rings. The molecule has 0 radical (unpaired) electrons. The van der Waals surface area contributed by atoms with Gasteiger partial charge in [-0.15, -0.1) is 5.10 Å². The first-order valence-corrected chi connectivity index (χ1v) is 6.46. The molecule has 3 aromatic heterocycles. The highest BCUT2D eigenvalue weighted by Gasteiger charge is 2.09. The molecule has 0 aliphatic carbocycles. The first-order valence-electron chi connectivity index (χ1n) is 6.46. The molecule has 0 saturated carbocycles. The number of aromatic nitrogens is 5. The van der Waals surface area contributed by atoms with Crippen LogP contribution >= 0.6 is 0 Å². The number of hydrogen-bond acceptors (Lipinski definition) is 3. The third-order valence-electron chi connectivity index (χ3n) is 3.59. The fourth-order valence-corrected chi connectivity index (χ4v) is 2.54. The molecule has 1 aromatic carbocycles. The highest BCUT2D eigenvalue weighted by Crippen LogP contribution is 2.29. The lowest BCUT2D eigenvalue weighted by Crippen LogP contribution is -1.89. The number of nitrogens with one attached hydrogen (secondary N) is 1. The van der Waals surface area contributed by atoms with Crippen molar-refractivity contribution >= 4 is 22.1 Å². The summed E-state index contributed by atoms with van der Waals surface area (Å²) in [6.07, 6.45) is 3.87. The molecule has 0 amide bonds. The topological polar surface area (TPSA) is 59.4 Å². The average molecular weight is 263 g/mol. The molecule has 98 valence electrons. The van der Waals surface area contributed by atoms with Gasteiger partial charge in [0.15, 0.2) is 0 Å². The van der Waals surface area contributed by atoms with Gasteiger partial charge >= 0.3 is 0 Å². The highest BCUT2D eigenvalue weighted by atomic mass is 15.4. The van der Waals surface area contributed by atoms with Crippen LogP contribution in [0, 0.1) is 6.92 Å². The molecule has 0 spiro atoms. The van der Waals surface area contributed by atoms with Crippen LogP contribution in [0.2, 0.25) is 0 Å². The summed E-state index contributed by atoms with van der Waals surface area (Å²) in [7, 11) is 1.90. The summed E-state index contributed by atoms with van der Waals surface area (Å²) in [6, 6.07) is 8.34. The van der Waals surface area contributed by atoms with Crippen molar-refractivity contribution in [3.63, 3.8) is 0 Å². The molecule has 0 saturated heterocycles. The quantitative estimate of drug-likeness (QED) is 0.574. The van der Waals surface area contributed by atoms with Gasteiger partial charge in [-0.25, -0.2) is 9.67 Å². The molecule has 5 heteroatoms. The van der Waals surface area contributed by atoms with Crippen LogP contribution in [0.15, 0.2) is 36.7 Å². The Morgan fingerprint density at radius 1 is 1.20 bits per heavy atom. The molecule has 1 N–H and O–H groups in total. The van der Waals surface area contributed by atoms with Gasteiger partial charge in [-0.3, -0.25) is 0 Å². The van der Waals surface area contributed by atoms with Gasteiger partial charge in [0.2, 0.25) is 0 Å². The zero-order valence-corrected chi connectivity index (χ0v) is 11.3. The monoisotopic (exact) mass is 263 g/mol. The van der Waals surface area contributed by atoms with E-state index >= 15 is 0 Å². The van der Waals surface area contributed by atoms with Crippen molar-refractivity contribution in [2.24, 2.45) is 7.05 Å². The second-order valence-electron chi connectivity index (χ2n) is 5.03. The summed E-state index contributed by atoms with van der Waals surface area (Å²) in [5.74, 6) is 0. The van der Waals surface area contributed by atoms with Gasteiger partial charge in [-0.2, -0.15) is 0 Å². The third-order valence-corrected chi connectivity index (χ3v) is 3.59. The molecule has 0 aliphatic rings. The van der Waals surface area contributed by atoms with Crippen LogP contribution in [-0.2, 0) is 7.05 Å². The molecule has 0 bridgehead atoms. The van der Waals surface area contributed by atoms with E-state index in [1.54, 1.807) is 4.68 Å². The Kier molecular flexibility index (Phi) is 2.18. The molecule has 0 atom stereocenters. The van der Waals surface area contributed by atoms with E-state index in [2.05, 4.69) is 45.4 Å².